The number of aromatic nitrogens is 1. The predicted molar refractivity (Wildman–Crippen MR) is 53.3 cm³/mol. The molecular formula is C10H10LiNS. The molecule has 2 rings (SSSR count). The second-order valence-electron chi connectivity index (χ2n) is 2.69. The van der Waals surface area contributed by atoms with E-state index in [1.54, 1.807) is 11.3 Å². The Morgan fingerprint density at radius 3 is 2.85 bits per heavy atom. The Balaban J connectivity index is 0.000000845. The molecule has 0 spiro atoms. The van der Waals surface area contributed by atoms with Crippen molar-refractivity contribution in [3.05, 3.63) is 35.7 Å². The summed E-state index contributed by atoms with van der Waals surface area (Å²) in [5.41, 5.74) is 1.12. The van der Waals surface area contributed by atoms with Crippen LogP contribution in [-0.2, 0) is 6.42 Å². The van der Waals surface area contributed by atoms with Crippen molar-refractivity contribution in [1.82, 2.24) is 4.98 Å². The normalized spacial score (nSPS) is 9.92. The zero-order chi connectivity index (χ0) is 8.39. The maximum absolute atomic E-state index is 4.49. The Kier molecular flexibility index (Phi) is 3.99. The van der Waals surface area contributed by atoms with Crippen LogP contribution in [0.15, 0.2) is 24.3 Å². The number of nitrogens with zero attached hydrogens (tertiary/aromatic N) is 1. The van der Waals surface area contributed by atoms with Crippen molar-refractivity contribution in [1.29, 1.82) is 0 Å². The smallest absolute Gasteiger partial charge is 0.325 e. The van der Waals surface area contributed by atoms with Crippen molar-refractivity contribution in [3.8, 4) is 0 Å². The minimum atomic E-state index is 0. The van der Waals surface area contributed by atoms with E-state index in [9.17, 15) is 0 Å². The van der Waals surface area contributed by atoms with Gasteiger partial charge in [-0.3, -0.25) is 0 Å². The van der Waals surface area contributed by atoms with E-state index in [1.165, 1.54) is 9.71 Å². The Bertz CT molecular complexity index is 350. The standard InChI is InChI=1S/C10H10NS.Li/c1-2-5-10-11-8-6-3-4-7-9(8)12-10;/h2-4,6-7H,5H2,1H3;/q-1;+1. The van der Waals surface area contributed by atoms with Gasteiger partial charge in [0.25, 0.3) is 0 Å². The number of hydrogen-bond acceptors (Lipinski definition) is 2. The van der Waals surface area contributed by atoms with Crippen molar-refractivity contribution in [2.45, 2.75) is 13.3 Å². The second-order valence-corrected chi connectivity index (χ2v) is 3.80. The van der Waals surface area contributed by atoms with Gasteiger partial charge in [-0.2, -0.15) is 6.92 Å². The van der Waals surface area contributed by atoms with Crippen molar-refractivity contribution < 1.29 is 18.9 Å². The van der Waals surface area contributed by atoms with Gasteiger partial charge in [0.05, 0.1) is 15.2 Å². The molecular weight excluding hydrogens is 173 g/mol. The molecule has 0 amide bonds. The van der Waals surface area contributed by atoms with Crippen LogP contribution in [0.5, 0.6) is 0 Å². The van der Waals surface area contributed by atoms with E-state index in [0.717, 1.165) is 11.9 Å². The first kappa shape index (κ1) is 10.8. The van der Waals surface area contributed by atoms with Gasteiger partial charge in [-0.25, -0.2) is 4.98 Å². The molecule has 1 aromatic carbocycles. The third-order valence-electron chi connectivity index (χ3n) is 1.72. The van der Waals surface area contributed by atoms with Crippen molar-refractivity contribution in [2.24, 2.45) is 0 Å². The van der Waals surface area contributed by atoms with Gasteiger partial charge < -0.3 is 6.42 Å². The third kappa shape index (κ3) is 2.34. The molecule has 0 unspecified atom stereocenters. The van der Waals surface area contributed by atoms with Gasteiger partial charge in [-0.15, -0.1) is 17.8 Å². The quantitative estimate of drug-likeness (QED) is 0.474. The summed E-state index contributed by atoms with van der Waals surface area (Å²) in [7, 11) is 0. The van der Waals surface area contributed by atoms with E-state index in [2.05, 4.69) is 36.5 Å². The molecule has 1 nitrogen and oxygen atoms in total. The summed E-state index contributed by atoms with van der Waals surface area (Å²) >= 11 is 1.78. The molecule has 0 saturated heterocycles. The van der Waals surface area contributed by atoms with Gasteiger partial charge in [0, 0.05) is 0 Å². The van der Waals surface area contributed by atoms with E-state index < -0.39 is 0 Å². The number of thiazole rings is 1. The second kappa shape index (κ2) is 4.81. The Morgan fingerprint density at radius 1 is 1.38 bits per heavy atom. The van der Waals surface area contributed by atoms with Gasteiger partial charge in [-0.1, -0.05) is 12.1 Å². The molecule has 2 aromatic rings. The number of rotatable bonds is 2. The van der Waals surface area contributed by atoms with Crippen LogP contribution < -0.4 is 18.9 Å². The molecule has 0 bridgehead atoms. The van der Waals surface area contributed by atoms with Crippen molar-refractivity contribution >= 4 is 21.6 Å². The first-order valence-electron chi connectivity index (χ1n) is 4.02. The summed E-state index contributed by atoms with van der Waals surface area (Å²) in [6, 6.07) is 8.26. The van der Waals surface area contributed by atoms with Gasteiger partial charge >= 0.3 is 18.9 Å². The van der Waals surface area contributed by atoms with E-state index >= 15 is 0 Å². The summed E-state index contributed by atoms with van der Waals surface area (Å²) in [6.07, 6.45) is 3.12. The molecule has 0 aliphatic rings. The van der Waals surface area contributed by atoms with Crippen LogP contribution in [0.1, 0.15) is 11.9 Å². The average Bonchev–Trinajstić information content (AvgIpc) is 2.47. The number of benzene rings is 1. The van der Waals surface area contributed by atoms with Gasteiger partial charge in [0.2, 0.25) is 0 Å². The van der Waals surface area contributed by atoms with Crippen LogP contribution >= 0.6 is 11.3 Å². The minimum absolute atomic E-state index is 0. The number of fused-ring (bicyclic) bond motifs is 1. The van der Waals surface area contributed by atoms with E-state index in [-0.39, 0.29) is 18.9 Å². The van der Waals surface area contributed by atoms with E-state index in [1.807, 2.05) is 6.07 Å². The molecule has 0 radical (unpaired) electrons. The summed E-state index contributed by atoms with van der Waals surface area (Å²) in [6.45, 7) is 2.06. The number of para-hydroxylation sites is 1. The minimum Gasteiger partial charge on any atom is -0.325 e. The van der Waals surface area contributed by atoms with Crippen LogP contribution in [0.2, 0.25) is 0 Å². The first-order valence-corrected chi connectivity index (χ1v) is 4.84. The molecule has 0 atom stereocenters. The predicted octanol–water partition coefficient (Wildman–Crippen LogP) is 0.0670. The molecule has 3 heteroatoms. The van der Waals surface area contributed by atoms with Crippen LogP contribution in [-0.4, -0.2) is 4.98 Å². The van der Waals surface area contributed by atoms with E-state index in [4.69, 9.17) is 0 Å². The molecule has 1 aromatic heterocycles. The topological polar surface area (TPSA) is 12.9 Å². The maximum atomic E-state index is 4.49. The summed E-state index contributed by atoms with van der Waals surface area (Å²) in [5, 5.41) is 1.21. The van der Waals surface area contributed by atoms with Gasteiger partial charge in [-0.05, 0) is 12.1 Å². The van der Waals surface area contributed by atoms with Crippen molar-refractivity contribution in [2.75, 3.05) is 0 Å². The molecule has 0 N–H and O–H groups in total. The first-order chi connectivity index (χ1) is 5.90. The Morgan fingerprint density at radius 2 is 2.15 bits per heavy atom. The summed E-state index contributed by atoms with van der Waals surface area (Å²) < 4.78 is 1.29. The Hall–Kier alpha value is -0.293. The van der Waals surface area contributed by atoms with Crippen molar-refractivity contribution in [3.63, 3.8) is 0 Å². The number of hydrogen-bond donors (Lipinski definition) is 0. The van der Waals surface area contributed by atoms with Gasteiger partial charge in [0.1, 0.15) is 0 Å². The van der Waals surface area contributed by atoms with Crippen LogP contribution in [0.25, 0.3) is 10.2 Å². The molecule has 0 aliphatic heterocycles. The SMILES string of the molecule is C[CH-]Cc1nc2ccccc2s1.[Li+]. The molecule has 0 fully saturated rings. The maximum Gasteiger partial charge on any atom is 1.00 e. The zero-order valence-electron chi connectivity index (χ0n) is 7.95. The van der Waals surface area contributed by atoms with Crippen LogP contribution in [0.4, 0.5) is 0 Å². The molecule has 1 heterocycles. The fourth-order valence-corrected chi connectivity index (χ4v) is 2.19. The Labute approximate surface area is 94.4 Å². The third-order valence-corrected chi connectivity index (χ3v) is 2.78. The molecule has 0 aliphatic carbocycles. The van der Waals surface area contributed by atoms with Gasteiger partial charge in [0.15, 0.2) is 0 Å². The fraction of sp³-hybridized carbons (Fsp3) is 0.200. The largest absolute Gasteiger partial charge is 1.00 e. The van der Waals surface area contributed by atoms with Crippen LogP contribution in [0, 0.1) is 6.42 Å². The van der Waals surface area contributed by atoms with E-state index in [0.29, 0.717) is 0 Å². The zero-order valence-corrected chi connectivity index (χ0v) is 8.77. The fourth-order valence-electron chi connectivity index (χ4n) is 1.18. The molecule has 0 saturated carbocycles. The van der Waals surface area contributed by atoms with Crippen LogP contribution in [0.3, 0.4) is 0 Å². The monoisotopic (exact) mass is 183 g/mol. The molecule has 13 heavy (non-hydrogen) atoms. The average molecular weight is 183 g/mol. The summed E-state index contributed by atoms with van der Waals surface area (Å²) in [5.74, 6) is 0. The molecule has 62 valence electrons. The summed E-state index contributed by atoms with van der Waals surface area (Å²) in [4.78, 5) is 4.49.